The monoisotopic (exact) mass is 399 g/mol. The highest BCUT2D eigenvalue weighted by Gasteiger charge is 2.11. The van der Waals surface area contributed by atoms with Crippen LogP contribution in [-0.2, 0) is 0 Å². The second kappa shape index (κ2) is 8.57. The number of rotatable bonds is 6. The minimum Gasteiger partial charge on any atom is -0.489 e. The van der Waals surface area contributed by atoms with Crippen molar-refractivity contribution in [2.24, 2.45) is 0 Å². The number of para-hydroxylation sites is 3. The molecule has 1 amide bonds. The van der Waals surface area contributed by atoms with Crippen molar-refractivity contribution in [1.82, 2.24) is 15.0 Å². The average Bonchev–Trinajstić information content (AvgIpc) is 2.75. The van der Waals surface area contributed by atoms with Crippen molar-refractivity contribution in [2.75, 3.05) is 10.6 Å². The zero-order valence-corrected chi connectivity index (χ0v) is 16.7. The van der Waals surface area contributed by atoms with Crippen molar-refractivity contribution in [1.29, 1.82) is 0 Å². The van der Waals surface area contributed by atoms with Crippen LogP contribution in [0.25, 0.3) is 10.9 Å². The fourth-order valence-electron chi connectivity index (χ4n) is 2.96. The molecule has 0 aliphatic carbocycles. The number of ether oxygens (including phenoxy) is 1. The van der Waals surface area contributed by atoms with Crippen LogP contribution in [0.5, 0.6) is 5.75 Å². The Kier molecular flexibility index (Phi) is 5.52. The second-order valence-corrected chi connectivity index (χ2v) is 6.92. The predicted molar refractivity (Wildman–Crippen MR) is 117 cm³/mol. The van der Waals surface area contributed by atoms with Gasteiger partial charge >= 0.3 is 0 Å². The van der Waals surface area contributed by atoms with E-state index in [0.717, 1.165) is 16.6 Å². The van der Waals surface area contributed by atoms with Gasteiger partial charge in [-0.25, -0.2) is 9.97 Å². The average molecular weight is 399 g/mol. The summed E-state index contributed by atoms with van der Waals surface area (Å²) in [5, 5.41) is 6.96. The number of fused-ring (bicyclic) bond motifs is 1. The van der Waals surface area contributed by atoms with E-state index < -0.39 is 0 Å². The van der Waals surface area contributed by atoms with E-state index in [9.17, 15) is 4.79 Å². The largest absolute Gasteiger partial charge is 0.489 e. The standard InChI is InChI=1S/C23H21N5O2/c1-15(2)30-20-11-4-3-9-18(20)28-23-25-13-17(14-26-23)22(29)27-19-10-5-7-16-8-6-12-24-21(16)19/h3-15H,1-2H3,(H,27,29)(H,25,26,28). The van der Waals surface area contributed by atoms with Crippen LogP contribution in [0.15, 0.2) is 73.2 Å². The SMILES string of the molecule is CC(C)Oc1ccccc1Nc1ncc(C(=O)Nc2cccc3cccnc23)cn1. The number of nitrogens with zero attached hydrogens (tertiary/aromatic N) is 3. The van der Waals surface area contributed by atoms with E-state index in [4.69, 9.17) is 4.74 Å². The molecule has 4 rings (SSSR count). The molecule has 0 spiro atoms. The van der Waals surface area contributed by atoms with Gasteiger partial charge in [-0.05, 0) is 38.1 Å². The minimum atomic E-state index is -0.303. The summed E-state index contributed by atoms with van der Waals surface area (Å²) in [4.78, 5) is 25.5. The summed E-state index contributed by atoms with van der Waals surface area (Å²) < 4.78 is 5.79. The van der Waals surface area contributed by atoms with Crippen molar-refractivity contribution < 1.29 is 9.53 Å². The Morgan fingerprint density at radius 3 is 2.43 bits per heavy atom. The van der Waals surface area contributed by atoms with Crippen LogP contribution in [0.1, 0.15) is 24.2 Å². The van der Waals surface area contributed by atoms with Crippen LogP contribution >= 0.6 is 0 Å². The van der Waals surface area contributed by atoms with E-state index in [2.05, 4.69) is 25.6 Å². The van der Waals surface area contributed by atoms with Gasteiger partial charge in [-0.1, -0.05) is 30.3 Å². The summed E-state index contributed by atoms with van der Waals surface area (Å²) in [5.41, 5.74) is 2.47. The molecular weight excluding hydrogens is 378 g/mol. The quantitative estimate of drug-likeness (QED) is 0.484. The molecule has 0 fully saturated rings. The van der Waals surface area contributed by atoms with Crippen molar-refractivity contribution >= 4 is 34.1 Å². The van der Waals surface area contributed by atoms with Gasteiger partial charge in [-0.2, -0.15) is 0 Å². The molecule has 30 heavy (non-hydrogen) atoms. The molecule has 150 valence electrons. The van der Waals surface area contributed by atoms with Gasteiger partial charge in [-0.15, -0.1) is 0 Å². The summed E-state index contributed by atoms with van der Waals surface area (Å²) in [6.45, 7) is 3.93. The Morgan fingerprint density at radius 1 is 0.900 bits per heavy atom. The molecule has 2 N–H and O–H groups in total. The third kappa shape index (κ3) is 4.35. The lowest BCUT2D eigenvalue weighted by molar-refractivity contribution is 0.102. The number of aromatic nitrogens is 3. The fraction of sp³-hybridized carbons (Fsp3) is 0.130. The minimum absolute atomic E-state index is 0.0449. The predicted octanol–water partition coefficient (Wildman–Crippen LogP) is 4.81. The van der Waals surface area contributed by atoms with Crippen molar-refractivity contribution in [2.45, 2.75) is 20.0 Å². The molecule has 0 bridgehead atoms. The van der Waals surface area contributed by atoms with E-state index >= 15 is 0 Å². The molecule has 7 heteroatoms. The molecule has 7 nitrogen and oxygen atoms in total. The number of nitrogens with one attached hydrogen (secondary N) is 2. The van der Waals surface area contributed by atoms with Crippen LogP contribution in [0.4, 0.5) is 17.3 Å². The number of amides is 1. The molecule has 2 aromatic heterocycles. The first-order valence-corrected chi connectivity index (χ1v) is 9.60. The molecule has 0 aliphatic rings. The van der Waals surface area contributed by atoms with Crippen LogP contribution in [0.2, 0.25) is 0 Å². The zero-order chi connectivity index (χ0) is 20.9. The number of pyridine rings is 1. The number of carbonyl (C=O) groups is 1. The van der Waals surface area contributed by atoms with Gasteiger partial charge in [0.2, 0.25) is 5.95 Å². The van der Waals surface area contributed by atoms with Crippen molar-refractivity contribution in [3.05, 3.63) is 78.8 Å². The highest BCUT2D eigenvalue weighted by molar-refractivity contribution is 6.08. The zero-order valence-electron chi connectivity index (χ0n) is 16.7. The maximum Gasteiger partial charge on any atom is 0.258 e. The van der Waals surface area contributed by atoms with E-state index in [-0.39, 0.29) is 12.0 Å². The first-order chi connectivity index (χ1) is 14.6. The van der Waals surface area contributed by atoms with Crippen molar-refractivity contribution in [3.8, 4) is 5.75 Å². The third-order valence-electron chi connectivity index (χ3n) is 4.29. The van der Waals surface area contributed by atoms with Crippen LogP contribution in [0.3, 0.4) is 0 Å². The Hall–Kier alpha value is -4.00. The molecule has 2 aromatic carbocycles. The molecule has 0 saturated heterocycles. The van der Waals surface area contributed by atoms with Gasteiger partial charge < -0.3 is 15.4 Å². The summed E-state index contributed by atoms with van der Waals surface area (Å²) >= 11 is 0. The first kappa shape index (κ1) is 19.3. The second-order valence-electron chi connectivity index (χ2n) is 6.92. The van der Waals surface area contributed by atoms with Gasteiger partial charge in [-0.3, -0.25) is 9.78 Å². The van der Waals surface area contributed by atoms with E-state index in [1.54, 1.807) is 6.20 Å². The van der Waals surface area contributed by atoms with Gasteiger partial charge in [0, 0.05) is 24.0 Å². The summed E-state index contributed by atoms with van der Waals surface area (Å²) in [7, 11) is 0. The first-order valence-electron chi connectivity index (χ1n) is 9.60. The molecule has 2 heterocycles. The van der Waals surface area contributed by atoms with Crippen molar-refractivity contribution in [3.63, 3.8) is 0 Å². The maximum atomic E-state index is 12.6. The Morgan fingerprint density at radius 2 is 1.63 bits per heavy atom. The van der Waals surface area contributed by atoms with Crippen LogP contribution in [-0.4, -0.2) is 27.0 Å². The molecule has 0 radical (unpaired) electrons. The molecule has 4 aromatic rings. The summed E-state index contributed by atoms with van der Waals surface area (Å²) in [6, 6.07) is 17.0. The van der Waals surface area contributed by atoms with E-state index in [1.165, 1.54) is 12.4 Å². The third-order valence-corrected chi connectivity index (χ3v) is 4.29. The van der Waals surface area contributed by atoms with E-state index in [1.807, 2.05) is 68.4 Å². The number of carbonyl (C=O) groups excluding carboxylic acids is 1. The topological polar surface area (TPSA) is 89.0 Å². The number of hydrogen-bond donors (Lipinski definition) is 2. The molecule has 0 aliphatic heterocycles. The van der Waals surface area contributed by atoms with Crippen LogP contribution in [0, 0.1) is 0 Å². The maximum absolute atomic E-state index is 12.6. The fourth-order valence-corrected chi connectivity index (χ4v) is 2.96. The molecular formula is C23H21N5O2. The van der Waals surface area contributed by atoms with Gasteiger partial charge in [0.05, 0.1) is 28.6 Å². The summed E-state index contributed by atoms with van der Waals surface area (Å²) in [6.07, 6.45) is 4.70. The van der Waals surface area contributed by atoms with E-state index in [0.29, 0.717) is 22.9 Å². The highest BCUT2D eigenvalue weighted by Crippen LogP contribution is 2.27. The molecule has 0 saturated carbocycles. The van der Waals surface area contributed by atoms with Crippen LogP contribution < -0.4 is 15.4 Å². The Bertz CT molecular complexity index is 1170. The molecule has 0 unspecified atom stereocenters. The smallest absolute Gasteiger partial charge is 0.258 e. The number of anilines is 3. The van der Waals surface area contributed by atoms with Gasteiger partial charge in [0.1, 0.15) is 5.75 Å². The van der Waals surface area contributed by atoms with Gasteiger partial charge in [0.15, 0.2) is 0 Å². The molecule has 0 atom stereocenters. The Labute approximate surface area is 174 Å². The number of hydrogen-bond acceptors (Lipinski definition) is 6. The highest BCUT2D eigenvalue weighted by atomic mass is 16.5. The summed E-state index contributed by atoms with van der Waals surface area (Å²) in [5.74, 6) is 0.780. The Balaban J connectivity index is 1.49. The lowest BCUT2D eigenvalue weighted by Crippen LogP contribution is -2.13. The lowest BCUT2D eigenvalue weighted by Gasteiger charge is -2.14. The lowest BCUT2D eigenvalue weighted by atomic mass is 10.2. The van der Waals surface area contributed by atoms with Gasteiger partial charge in [0.25, 0.3) is 5.91 Å². The normalized spacial score (nSPS) is 10.8. The number of benzene rings is 2.